The maximum atomic E-state index is 12.9. The molecule has 0 aromatic heterocycles. The lowest BCUT2D eigenvalue weighted by atomic mass is 10.0. The second-order valence-corrected chi connectivity index (χ2v) is 3.18. The lowest BCUT2D eigenvalue weighted by Gasteiger charge is -2.06. The van der Waals surface area contributed by atoms with Crippen molar-refractivity contribution in [2.45, 2.75) is 19.8 Å². The second-order valence-electron chi connectivity index (χ2n) is 3.18. The van der Waals surface area contributed by atoms with E-state index in [0.717, 1.165) is 6.07 Å². The highest BCUT2D eigenvalue weighted by Gasteiger charge is 2.11. The predicted molar refractivity (Wildman–Crippen MR) is 45.8 cm³/mol. The predicted octanol–water partition coefficient (Wildman–Crippen LogP) is 2.90. The van der Waals surface area contributed by atoms with Gasteiger partial charge in [-0.2, -0.15) is 0 Å². The van der Waals surface area contributed by atoms with Crippen molar-refractivity contribution in [1.29, 1.82) is 0 Å². The van der Waals surface area contributed by atoms with E-state index in [1.165, 1.54) is 6.07 Å². The Morgan fingerprint density at radius 1 is 1.31 bits per heavy atom. The van der Waals surface area contributed by atoms with Crippen LogP contribution in [-0.2, 0) is 0 Å². The molecule has 0 aliphatic rings. The molecular formula is C10H10F2O. The molecule has 3 heteroatoms. The Balaban J connectivity index is 3.30. The van der Waals surface area contributed by atoms with Gasteiger partial charge in [-0.3, -0.25) is 4.79 Å². The van der Waals surface area contributed by atoms with Crippen LogP contribution >= 0.6 is 0 Å². The van der Waals surface area contributed by atoms with Crippen LogP contribution in [0.15, 0.2) is 12.1 Å². The molecule has 0 amide bonds. The zero-order valence-corrected chi connectivity index (χ0v) is 7.47. The van der Waals surface area contributed by atoms with Crippen LogP contribution in [0.4, 0.5) is 8.78 Å². The first-order valence-electron chi connectivity index (χ1n) is 4.00. The molecule has 0 saturated carbocycles. The van der Waals surface area contributed by atoms with E-state index in [4.69, 9.17) is 0 Å². The van der Waals surface area contributed by atoms with Gasteiger partial charge in [0.1, 0.15) is 0 Å². The lowest BCUT2D eigenvalue weighted by Crippen LogP contribution is -1.97. The van der Waals surface area contributed by atoms with Gasteiger partial charge in [0.25, 0.3) is 0 Å². The minimum Gasteiger partial charge on any atom is -0.298 e. The van der Waals surface area contributed by atoms with Gasteiger partial charge in [0, 0.05) is 0 Å². The Morgan fingerprint density at radius 3 is 2.38 bits per heavy atom. The molecule has 0 heterocycles. The number of carbonyl (C=O) groups is 1. The van der Waals surface area contributed by atoms with Crippen LogP contribution in [-0.4, -0.2) is 6.29 Å². The molecule has 0 unspecified atom stereocenters. The first-order valence-corrected chi connectivity index (χ1v) is 4.00. The number of carbonyl (C=O) groups excluding carboxylic acids is 1. The Hall–Kier alpha value is -1.25. The normalized spacial score (nSPS) is 10.5. The highest BCUT2D eigenvalue weighted by atomic mass is 19.2. The van der Waals surface area contributed by atoms with Crippen molar-refractivity contribution in [3.8, 4) is 0 Å². The van der Waals surface area contributed by atoms with Crippen molar-refractivity contribution < 1.29 is 13.6 Å². The number of hydrogen-bond donors (Lipinski definition) is 0. The third kappa shape index (κ3) is 1.91. The summed E-state index contributed by atoms with van der Waals surface area (Å²) in [6.07, 6.45) is 0.324. The third-order valence-corrected chi connectivity index (χ3v) is 1.87. The van der Waals surface area contributed by atoms with Crippen molar-refractivity contribution in [3.05, 3.63) is 34.9 Å². The topological polar surface area (TPSA) is 17.1 Å². The third-order valence-electron chi connectivity index (χ3n) is 1.87. The van der Waals surface area contributed by atoms with Gasteiger partial charge in [0.2, 0.25) is 0 Å². The van der Waals surface area contributed by atoms with Crippen LogP contribution in [0.2, 0.25) is 0 Å². The molecule has 0 saturated heterocycles. The Bertz CT molecular complexity index is 332. The van der Waals surface area contributed by atoms with Gasteiger partial charge in [-0.1, -0.05) is 13.8 Å². The molecule has 0 aliphatic carbocycles. The minimum absolute atomic E-state index is 0.0776. The maximum absolute atomic E-state index is 12.9. The van der Waals surface area contributed by atoms with Crippen LogP contribution in [0.5, 0.6) is 0 Å². The summed E-state index contributed by atoms with van der Waals surface area (Å²) in [5.74, 6) is -1.96. The fourth-order valence-corrected chi connectivity index (χ4v) is 1.05. The van der Waals surface area contributed by atoms with Gasteiger partial charge in [-0.05, 0) is 23.6 Å². The SMILES string of the molecule is CC(C)c1cc(F)c(F)c(C=O)c1. The zero-order chi connectivity index (χ0) is 10.0. The second kappa shape index (κ2) is 3.64. The molecule has 0 fully saturated rings. The van der Waals surface area contributed by atoms with Crippen LogP contribution in [0.3, 0.4) is 0 Å². The highest BCUT2D eigenvalue weighted by Crippen LogP contribution is 2.19. The molecule has 0 radical (unpaired) electrons. The van der Waals surface area contributed by atoms with E-state index in [9.17, 15) is 13.6 Å². The minimum atomic E-state index is -1.07. The number of hydrogen-bond acceptors (Lipinski definition) is 1. The molecule has 0 aliphatic heterocycles. The van der Waals surface area contributed by atoms with Crippen molar-refractivity contribution in [2.24, 2.45) is 0 Å². The number of halogens is 2. The van der Waals surface area contributed by atoms with E-state index in [1.807, 2.05) is 13.8 Å². The summed E-state index contributed by atoms with van der Waals surface area (Å²) in [4.78, 5) is 10.3. The van der Waals surface area contributed by atoms with E-state index in [0.29, 0.717) is 11.8 Å². The molecule has 0 bridgehead atoms. The molecule has 0 N–H and O–H groups in total. The van der Waals surface area contributed by atoms with Crippen LogP contribution in [0.1, 0.15) is 35.7 Å². The molecule has 1 nitrogen and oxygen atoms in total. The molecule has 0 atom stereocenters. The molecule has 13 heavy (non-hydrogen) atoms. The summed E-state index contributed by atoms with van der Waals surface area (Å²) in [5, 5.41) is 0. The van der Waals surface area contributed by atoms with Gasteiger partial charge in [-0.15, -0.1) is 0 Å². The van der Waals surface area contributed by atoms with Crippen molar-refractivity contribution in [2.75, 3.05) is 0 Å². The first-order chi connectivity index (χ1) is 6.06. The zero-order valence-electron chi connectivity index (χ0n) is 7.47. The first kappa shape index (κ1) is 9.84. The Kier molecular flexibility index (Phi) is 2.76. The average molecular weight is 184 g/mol. The van der Waals surface area contributed by atoms with Gasteiger partial charge in [0.05, 0.1) is 5.56 Å². The van der Waals surface area contributed by atoms with Crippen molar-refractivity contribution in [3.63, 3.8) is 0 Å². The molecule has 1 aromatic carbocycles. The molecular weight excluding hydrogens is 174 g/mol. The monoisotopic (exact) mass is 184 g/mol. The Labute approximate surface area is 75.4 Å². The van der Waals surface area contributed by atoms with E-state index in [2.05, 4.69) is 0 Å². The number of rotatable bonds is 2. The van der Waals surface area contributed by atoms with E-state index in [-0.39, 0.29) is 11.5 Å². The van der Waals surface area contributed by atoms with Crippen LogP contribution in [0.25, 0.3) is 0 Å². The quantitative estimate of drug-likeness (QED) is 0.646. The lowest BCUT2D eigenvalue weighted by molar-refractivity contribution is 0.111. The summed E-state index contributed by atoms with van der Waals surface area (Å²) in [6.45, 7) is 3.70. The maximum Gasteiger partial charge on any atom is 0.169 e. The summed E-state index contributed by atoms with van der Waals surface area (Å²) >= 11 is 0. The summed E-state index contributed by atoms with van der Waals surface area (Å²) in [5.41, 5.74) is 0.407. The van der Waals surface area contributed by atoms with Crippen molar-refractivity contribution >= 4 is 6.29 Å². The van der Waals surface area contributed by atoms with Gasteiger partial charge in [0.15, 0.2) is 17.9 Å². The average Bonchev–Trinajstić information content (AvgIpc) is 2.09. The Morgan fingerprint density at radius 2 is 1.92 bits per heavy atom. The standard InChI is InChI=1S/C10H10F2O/c1-6(2)7-3-8(5-13)10(12)9(11)4-7/h3-6H,1-2H3. The molecule has 0 spiro atoms. The van der Waals surface area contributed by atoms with Gasteiger partial charge in [-0.25, -0.2) is 8.78 Å². The van der Waals surface area contributed by atoms with Crippen molar-refractivity contribution in [1.82, 2.24) is 0 Å². The highest BCUT2D eigenvalue weighted by molar-refractivity contribution is 5.75. The van der Waals surface area contributed by atoms with E-state index in [1.54, 1.807) is 0 Å². The van der Waals surface area contributed by atoms with Crippen LogP contribution < -0.4 is 0 Å². The fourth-order valence-electron chi connectivity index (χ4n) is 1.05. The molecule has 1 aromatic rings. The summed E-state index contributed by atoms with van der Waals surface area (Å²) in [6, 6.07) is 2.49. The summed E-state index contributed by atoms with van der Waals surface area (Å²) < 4.78 is 25.7. The number of aldehydes is 1. The largest absolute Gasteiger partial charge is 0.298 e. The fraction of sp³-hybridized carbons (Fsp3) is 0.300. The van der Waals surface area contributed by atoms with Gasteiger partial charge < -0.3 is 0 Å². The number of benzene rings is 1. The summed E-state index contributed by atoms with van der Waals surface area (Å²) in [7, 11) is 0. The molecule has 1 rings (SSSR count). The van der Waals surface area contributed by atoms with E-state index >= 15 is 0 Å². The van der Waals surface area contributed by atoms with Gasteiger partial charge >= 0.3 is 0 Å². The smallest absolute Gasteiger partial charge is 0.169 e. The molecule has 70 valence electrons. The van der Waals surface area contributed by atoms with Crippen LogP contribution in [0, 0.1) is 11.6 Å². The van der Waals surface area contributed by atoms with E-state index < -0.39 is 11.6 Å².